The van der Waals surface area contributed by atoms with E-state index in [-0.39, 0.29) is 30.4 Å². The Balaban J connectivity index is 1.07. The predicted molar refractivity (Wildman–Crippen MR) is 238 cm³/mol. The molecule has 6 unspecified atom stereocenters. The van der Waals surface area contributed by atoms with Gasteiger partial charge in [0.1, 0.15) is 5.75 Å². The second kappa shape index (κ2) is 14.9. The lowest BCUT2D eigenvalue weighted by Gasteiger charge is -2.51. The van der Waals surface area contributed by atoms with Gasteiger partial charge in [-0.15, -0.1) is 0 Å². The number of carbonyl (C=O) groups is 4. The highest BCUT2D eigenvalue weighted by molar-refractivity contribution is 6.22. The van der Waals surface area contributed by atoms with E-state index in [9.17, 15) is 14.7 Å². The third-order valence-electron chi connectivity index (χ3n) is 13.4. The van der Waals surface area contributed by atoms with Gasteiger partial charge in [0.2, 0.25) is 11.8 Å². The zero-order chi connectivity index (χ0) is 42.9. The summed E-state index contributed by atoms with van der Waals surface area (Å²) >= 11 is 0. The first-order valence-electron chi connectivity index (χ1n) is 20.9. The first kappa shape index (κ1) is 38.8. The van der Waals surface area contributed by atoms with E-state index in [1.807, 2.05) is 141 Å². The Morgan fingerprint density at radius 3 is 2.06 bits per heavy atom. The summed E-state index contributed by atoms with van der Waals surface area (Å²) in [6, 6.07) is 42.5. The van der Waals surface area contributed by atoms with E-state index in [0.717, 1.165) is 32.6 Å². The highest BCUT2D eigenvalue weighted by Crippen LogP contribution is 2.65. The molecule has 2 N–H and O–H groups in total. The van der Waals surface area contributed by atoms with Gasteiger partial charge in [-0.3, -0.25) is 29.5 Å². The molecule has 6 atom stereocenters. The minimum atomic E-state index is -1.52. The monoisotopic (exact) mass is 820 g/mol. The van der Waals surface area contributed by atoms with Crippen LogP contribution in [0, 0.1) is 30.6 Å². The van der Waals surface area contributed by atoms with Crippen molar-refractivity contribution in [3.05, 3.63) is 168 Å². The lowest BCUT2D eigenvalue weighted by Crippen LogP contribution is -2.53. The fraction of sp³-hybridized carbons (Fsp3) is 0.216. The largest absolute Gasteiger partial charge is 0.508 e. The number of rotatable bonds is 8. The third kappa shape index (κ3) is 6.01. The van der Waals surface area contributed by atoms with Crippen molar-refractivity contribution in [1.29, 1.82) is 0 Å². The average molecular weight is 821 g/mol. The number of phenols is 1. The van der Waals surface area contributed by atoms with E-state index in [1.165, 1.54) is 4.90 Å². The molecule has 4 aliphatic rings. The van der Waals surface area contributed by atoms with Gasteiger partial charge in [0, 0.05) is 31.3 Å². The molecule has 308 valence electrons. The maximum Gasteiger partial charge on any atom is 0.260 e. The molecular formula is C51H44N6O5. The smallest absolute Gasteiger partial charge is 0.260 e. The Bertz CT molecular complexity index is 2840. The van der Waals surface area contributed by atoms with Gasteiger partial charge in [0.15, 0.2) is 0 Å². The minimum absolute atomic E-state index is 0.0186. The number of carbonyl (C=O) groups excluding carboxylic acids is 4. The van der Waals surface area contributed by atoms with E-state index in [2.05, 4.69) is 15.7 Å². The highest BCUT2D eigenvalue weighted by atomic mass is 16.3. The van der Waals surface area contributed by atoms with E-state index in [4.69, 9.17) is 0 Å². The van der Waals surface area contributed by atoms with Gasteiger partial charge < -0.3 is 10.0 Å². The van der Waals surface area contributed by atoms with Crippen molar-refractivity contribution in [3.8, 4) is 5.75 Å². The molecule has 0 aromatic heterocycles. The van der Waals surface area contributed by atoms with Gasteiger partial charge in [0.25, 0.3) is 11.8 Å². The summed E-state index contributed by atoms with van der Waals surface area (Å²) < 4.78 is 0. The Morgan fingerprint density at radius 2 is 1.37 bits per heavy atom. The van der Waals surface area contributed by atoms with Gasteiger partial charge in [-0.1, -0.05) is 90.0 Å². The number of allylic oxidation sites excluding steroid dienone is 2. The molecule has 6 aromatic carbocycles. The fourth-order valence-electron chi connectivity index (χ4n) is 10.5. The number of amides is 4. The van der Waals surface area contributed by atoms with Crippen LogP contribution in [0.5, 0.6) is 5.75 Å². The molecule has 0 radical (unpaired) electrons. The van der Waals surface area contributed by atoms with Gasteiger partial charge in [-0.2, -0.15) is 15.2 Å². The van der Waals surface area contributed by atoms with Crippen molar-refractivity contribution >= 4 is 62.8 Å². The van der Waals surface area contributed by atoms with Crippen molar-refractivity contribution < 1.29 is 24.3 Å². The van der Waals surface area contributed by atoms with Gasteiger partial charge in [-0.25, -0.2) is 0 Å². The number of anilines is 3. The fourth-order valence-corrected chi connectivity index (χ4v) is 10.5. The van der Waals surface area contributed by atoms with Crippen LogP contribution in [0.1, 0.15) is 35.4 Å². The molecule has 4 amide bonds. The number of phenolic OH excluding ortho intramolecular Hbond substituents is 1. The summed E-state index contributed by atoms with van der Waals surface area (Å²) in [5.74, 6) is -5.48. The second-order valence-corrected chi connectivity index (χ2v) is 17.0. The van der Waals surface area contributed by atoms with Crippen LogP contribution in [0.25, 0.3) is 10.8 Å². The molecule has 62 heavy (non-hydrogen) atoms. The van der Waals surface area contributed by atoms with Crippen molar-refractivity contribution in [3.63, 3.8) is 0 Å². The summed E-state index contributed by atoms with van der Waals surface area (Å²) in [4.78, 5) is 63.4. The number of hydrogen-bond donors (Lipinski definition) is 2. The maximum atomic E-state index is 15.6. The Kier molecular flexibility index (Phi) is 9.35. The Labute approximate surface area is 359 Å². The van der Waals surface area contributed by atoms with E-state index in [1.54, 1.807) is 30.3 Å². The quantitative estimate of drug-likeness (QED) is 0.0888. The van der Waals surface area contributed by atoms with Crippen LogP contribution in [-0.2, 0) is 24.6 Å². The van der Waals surface area contributed by atoms with E-state index >= 15 is 9.59 Å². The van der Waals surface area contributed by atoms with Gasteiger partial charge in [-0.05, 0) is 109 Å². The molecule has 2 aliphatic carbocycles. The van der Waals surface area contributed by atoms with Crippen LogP contribution in [0.2, 0.25) is 0 Å². The van der Waals surface area contributed by atoms with E-state index < -0.39 is 46.8 Å². The standard InChI is InChI=1S/C51H44N6O5/c1-30-13-16-35(17-14-30)54-57-48(60)42-29-41-39(46(51(42,50(57)62)32-10-5-4-6-11-32)45-38-12-8-7-9-31(38)15-28-43(45)58)26-27-40-44(41)49(61)56(47(40)59)37-24-20-34(21-25-37)53-52-33-18-22-36(23-19-33)55(2)3/h4-26,28,40-42,44,46,54,58H,27,29H2,1-3H3. The molecule has 10 rings (SSSR count). The molecule has 1 saturated carbocycles. The van der Waals surface area contributed by atoms with Crippen LogP contribution in [0.15, 0.2) is 161 Å². The molecule has 0 bridgehead atoms. The predicted octanol–water partition coefficient (Wildman–Crippen LogP) is 9.52. The zero-order valence-electron chi connectivity index (χ0n) is 34.5. The summed E-state index contributed by atoms with van der Waals surface area (Å²) in [5.41, 5.74) is 7.85. The van der Waals surface area contributed by atoms with Crippen molar-refractivity contribution in [1.82, 2.24) is 5.01 Å². The van der Waals surface area contributed by atoms with E-state index in [0.29, 0.717) is 33.9 Å². The molecule has 11 heteroatoms. The molecule has 3 fully saturated rings. The number of aromatic hydroxyl groups is 1. The molecule has 6 aromatic rings. The molecule has 2 heterocycles. The summed E-state index contributed by atoms with van der Waals surface area (Å²) in [6.45, 7) is 1.96. The van der Waals surface area contributed by atoms with Gasteiger partial charge >= 0.3 is 0 Å². The molecular weight excluding hydrogens is 777 g/mol. The molecule has 2 aliphatic heterocycles. The van der Waals surface area contributed by atoms with Crippen LogP contribution in [0.4, 0.5) is 28.4 Å². The van der Waals surface area contributed by atoms with Gasteiger partial charge in [0.05, 0.1) is 45.9 Å². The van der Waals surface area contributed by atoms with Crippen molar-refractivity contribution in [2.45, 2.75) is 31.1 Å². The molecule has 0 spiro atoms. The second-order valence-electron chi connectivity index (χ2n) is 17.0. The van der Waals surface area contributed by atoms with Crippen molar-refractivity contribution in [2.24, 2.45) is 33.9 Å². The van der Waals surface area contributed by atoms with Crippen LogP contribution >= 0.6 is 0 Å². The SMILES string of the molecule is Cc1ccc(NN2C(=O)C3CC4C(=CCC5C(=O)N(c6ccc(N=Nc7ccc(N(C)C)cc7)cc6)C(=O)C54)C(c4c(O)ccc5ccccc45)C3(c3ccccc3)C2=O)cc1. The number of nitrogens with zero attached hydrogens (tertiary/aromatic N) is 5. The molecule has 2 saturated heterocycles. The number of nitrogens with one attached hydrogen (secondary N) is 1. The zero-order valence-corrected chi connectivity index (χ0v) is 34.5. The Hall–Kier alpha value is -7.40. The summed E-state index contributed by atoms with van der Waals surface area (Å²) in [7, 11) is 3.94. The first-order valence-corrected chi connectivity index (χ1v) is 20.9. The van der Waals surface area contributed by atoms with Crippen molar-refractivity contribution in [2.75, 3.05) is 29.3 Å². The number of aryl methyl sites for hydroxylation is 1. The maximum absolute atomic E-state index is 15.6. The lowest BCUT2D eigenvalue weighted by atomic mass is 9.48. The summed E-state index contributed by atoms with van der Waals surface area (Å²) in [5, 5.41) is 23.5. The Morgan fingerprint density at radius 1 is 0.710 bits per heavy atom. The number of imide groups is 2. The average Bonchev–Trinajstić information content (AvgIpc) is 3.67. The number of azo groups is 1. The van der Waals surface area contributed by atoms with Crippen LogP contribution < -0.4 is 15.2 Å². The first-order chi connectivity index (χ1) is 30.1. The lowest BCUT2D eigenvalue weighted by molar-refractivity contribution is -0.138. The molecule has 11 nitrogen and oxygen atoms in total. The third-order valence-corrected chi connectivity index (χ3v) is 13.4. The summed E-state index contributed by atoms with van der Waals surface area (Å²) in [6.07, 6.45) is 2.40. The highest BCUT2D eigenvalue weighted by Gasteiger charge is 2.70. The normalized spacial score (nSPS) is 24.3. The topological polar surface area (TPSA) is 135 Å². The number of hydrogen-bond acceptors (Lipinski definition) is 9. The van der Waals surface area contributed by atoms with Crippen LogP contribution in [0.3, 0.4) is 0 Å². The number of benzene rings is 6. The number of fused-ring (bicyclic) bond motifs is 5. The number of hydrazine groups is 1. The van der Waals surface area contributed by atoms with Crippen LogP contribution in [-0.4, -0.2) is 47.8 Å². The minimum Gasteiger partial charge on any atom is -0.508 e.